The van der Waals surface area contributed by atoms with Crippen LogP contribution in [0.2, 0.25) is 0 Å². The lowest BCUT2D eigenvalue weighted by Crippen LogP contribution is -2.04. The van der Waals surface area contributed by atoms with Gasteiger partial charge in [-0.2, -0.15) is 0 Å². The van der Waals surface area contributed by atoms with Gasteiger partial charge in [-0.25, -0.2) is 4.79 Å². The topological polar surface area (TPSA) is 72.7 Å². The average Bonchev–Trinajstić information content (AvgIpc) is 2.17. The molecule has 0 aromatic carbocycles. The molecule has 2 unspecified atom stereocenters. The Balaban J connectivity index is 2.39. The van der Waals surface area contributed by atoms with Gasteiger partial charge in [-0.3, -0.25) is 0 Å². The molecule has 0 saturated heterocycles. The van der Waals surface area contributed by atoms with E-state index in [0.717, 1.165) is 0 Å². The van der Waals surface area contributed by atoms with Crippen LogP contribution in [0.1, 0.15) is 0 Å². The molecule has 7 heavy (non-hydrogen) atoms. The predicted octanol–water partition coefficient (Wildman–Crippen LogP) is -0.649. The van der Waals surface area contributed by atoms with E-state index >= 15 is 0 Å². The van der Waals surface area contributed by atoms with Crippen molar-refractivity contribution in [3.63, 3.8) is 0 Å². The Morgan fingerprint density at radius 2 is 2.43 bits per heavy atom. The Hall–Kier alpha value is -0.470. The molecule has 0 saturated carbocycles. The molecule has 0 amide bonds. The largest absolute Gasteiger partial charge is 0.610 e. The van der Waals surface area contributed by atoms with Gasteiger partial charge < -0.3 is 10.00 Å². The number of carboxylic acids is 1. The average molecular weight is 119 g/mol. The zero-order valence-electron chi connectivity index (χ0n) is 3.24. The maximum atomic E-state index is 9.93. The van der Waals surface area contributed by atoms with E-state index < -0.39 is 19.7 Å². The summed E-state index contributed by atoms with van der Waals surface area (Å²) in [4.78, 5) is 19.6. The highest BCUT2D eigenvalue weighted by Gasteiger charge is 2.42. The first kappa shape index (κ1) is 4.68. The molecule has 1 rings (SSSR count). The molecule has 2 atom stereocenters. The predicted molar refractivity (Wildman–Crippen MR) is 20.8 cm³/mol. The lowest BCUT2D eigenvalue weighted by Gasteiger charge is -1.72. The van der Waals surface area contributed by atoms with Crippen LogP contribution in [0.25, 0.3) is 0 Å². The summed E-state index contributed by atoms with van der Waals surface area (Å²) >= 11 is 0. The Morgan fingerprint density at radius 1 is 2.00 bits per heavy atom. The number of carbonyl (C=O) groups is 1. The summed E-state index contributed by atoms with van der Waals surface area (Å²) in [5.74, 6) is -1.96. The van der Waals surface area contributed by atoms with Crippen molar-refractivity contribution in [3.05, 3.63) is 0 Å². The highest BCUT2D eigenvalue weighted by Crippen LogP contribution is 2.40. The molecule has 0 spiro atoms. The van der Waals surface area contributed by atoms with E-state index in [1.807, 2.05) is 0 Å². The molecule has 1 N–H and O–H groups in total. The third-order valence-electron chi connectivity index (χ3n) is 0.599. The van der Waals surface area contributed by atoms with Gasteiger partial charge in [0.1, 0.15) is 0 Å². The standard InChI is InChI=1S/C2H2NO3P/c4-2(5)1-3-7(1)6/h1H,(H,4,5). The van der Waals surface area contributed by atoms with Crippen LogP contribution < -0.4 is 4.89 Å². The lowest BCUT2D eigenvalue weighted by atomic mass is 10.7. The van der Waals surface area contributed by atoms with Gasteiger partial charge in [0.25, 0.3) is 0 Å². The van der Waals surface area contributed by atoms with Gasteiger partial charge >= 0.3 is 11.8 Å². The number of hydrogen-bond acceptors (Lipinski definition) is 3. The quantitative estimate of drug-likeness (QED) is 0.466. The van der Waals surface area contributed by atoms with Crippen LogP contribution >= 0.6 is 7.94 Å². The first-order valence-electron chi connectivity index (χ1n) is 1.62. The Bertz CT molecular complexity index is 142. The molecule has 1 aliphatic rings. The molecular formula is C2H2NO3P. The van der Waals surface area contributed by atoms with Gasteiger partial charge in [-0.1, -0.05) is 0 Å². The van der Waals surface area contributed by atoms with Gasteiger partial charge in [0, 0.05) is 0 Å². The molecule has 1 aliphatic heterocycles. The summed E-state index contributed by atoms with van der Waals surface area (Å²) in [6, 6.07) is 0. The molecular weight excluding hydrogens is 117 g/mol. The van der Waals surface area contributed by atoms with Crippen molar-refractivity contribution in [2.75, 3.05) is 0 Å². The van der Waals surface area contributed by atoms with E-state index in [-0.39, 0.29) is 0 Å². The number of rotatable bonds is 1. The molecule has 0 aliphatic carbocycles. The molecule has 4 nitrogen and oxygen atoms in total. The zero-order chi connectivity index (χ0) is 5.44. The molecule has 0 radical (unpaired) electrons. The minimum absolute atomic E-state index is 0.880. The van der Waals surface area contributed by atoms with E-state index in [4.69, 9.17) is 5.11 Å². The van der Waals surface area contributed by atoms with Crippen molar-refractivity contribution in [3.8, 4) is 0 Å². The summed E-state index contributed by atoms with van der Waals surface area (Å²) in [5, 5.41) is 7.95. The monoisotopic (exact) mass is 119 g/mol. The van der Waals surface area contributed by atoms with Gasteiger partial charge in [-0.05, 0) is 4.74 Å². The van der Waals surface area contributed by atoms with Crippen molar-refractivity contribution in [2.24, 2.45) is 4.74 Å². The fourth-order valence-electron chi connectivity index (χ4n) is 0.222. The second-order valence-electron chi connectivity index (χ2n) is 1.13. The molecule has 38 valence electrons. The maximum Gasteiger partial charge on any atom is 0.381 e. The van der Waals surface area contributed by atoms with E-state index in [9.17, 15) is 9.69 Å². The van der Waals surface area contributed by atoms with Crippen LogP contribution in [0, 0.1) is 0 Å². The van der Waals surface area contributed by atoms with Gasteiger partial charge in [0.15, 0.2) is 0 Å². The van der Waals surface area contributed by atoms with E-state index in [2.05, 4.69) is 4.74 Å². The maximum absolute atomic E-state index is 9.93. The Morgan fingerprint density at radius 3 is 2.43 bits per heavy atom. The number of aliphatic carboxylic acids is 1. The zero-order valence-corrected chi connectivity index (χ0v) is 4.13. The first-order valence-corrected chi connectivity index (χ1v) is 2.90. The Kier molecular flexibility index (Phi) is 0.836. The first-order chi connectivity index (χ1) is 3.22. The normalized spacial score (nSPS) is 31.6. The van der Waals surface area contributed by atoms with Crippen LogP contribution in [0.5, 0.6) is 0 Å². The smallest absolute Gasteiger partial charge is 0.381 e. The van der Waals surface area contributed by atoms with Crippen molar-refractivity contribution in [1.29, 1.82) is 0 Å². The lowest BCUT2D eigenvalue weighted by molar-refractivity contribution is -0.153. The third-order valence-corrected chi connectivity index (χ3v) is 1.58. The molecule has 1 heterocycles. The van der Waals surface area contributed by atoms with E-state index in [0.29, 0.717) is 0 Å². The fraction of sp³-hybridized carbons (Fsp3) is 0.500. The minimum Gasteiger partial charge on any atom is -0.610 e. The van der Waals surface area contributed by atoms with Gasteiger partial charge in [0.2, 0.25) is 7.94 Å². The molecule has 0 fully saturated rings. The summed E-state index contributed by atoms with van der Waals surface area (Å²) in [5.41, 5.74) is 0. The van der Waals surface area contributed by atoms with Gasteiger partial charge in [0.05, 0.1) is 0 Å². The highest BCUT2D eigenvalue weighted by atomic mass is 31.1. The molecule has 0 aromatic heterocycles. The summed E-state index contributed by atoms with van der Waals surface area (Å²) in [6.45, 7) is 0. The van der Waals surface area contributed by atoms with Crippen LogP contribution in [0.4, 0.5) is 0 Å². The number of carboxylic acid groups (broad SMARTS) is 1. The van der Waals surface area contributed by atoms with E-state index in [1.165, 1.54) is 0 Å². The minimum atomic E-state index is -1.70. The van der Waals surface area contributed by atoms with Crippen LogP contribution in [0.3, 0.4) is 0 Å². The molecule has 0 bridgehead atoms. The molecule has 0 aromatic rings. The second-order valence-corrected chi connectivity index (χ2v) is 2.46. The van der Waals surface area contributed by atoms with Gasteiger partial charge in [-0.15, -0.1) is 0 Å². The molecule has 5 heteroatoms. The third kappa shape index (κ3) is 0.759. The van der Waals surface area contributed by atoms with Crippen molar-refractivity contribution in [1.82, 2.24) is 0 Å². The Labute approximate surface area is 40.3 Å². The van der Waals surface area contributed by atoms with Crippen molar-refractivity contribution >= 4 is 13.9 Å². The fourth-order valence-corrected chi connectivity index (χ4v) is 0.792. The number of hydrogen-bond donors (Lipinski definition) is 1. The van der Waals surface area contributed by atoms with E-state index in [1.54, 1.807) is 0 Å². The summed E-state index contributed by atoms with van der Waals surface area (Å²) in [7, 11) is -1.70. The number of nitrogens with zero attached hydrogens (tertiary/aromatic N) is 1. The highest BCUT2D eigenvalue weighted by molar-refractivity contribution is 7.47. The van der Waals surface area contributed by atoms with Crippen LogP contribution in [-0.4, -0.2) is 16.9 Å². The van der Waals surface area contributed by atoms with Crippen molar-refractivity contribution in [2.45, 2.75) is 5.78 Å². The SMILES string of the molecule is O=C(O)C1N=[P+]1[O-]. The summed E-state index contributed by atoms with van der Waals surface area (Å²) < 4.78 is 3.16. The van der Waals surface area contributed by atoms with Crippen LogP contribution in [0.15, 0.2) is 4.74 Å². The summed E-state index contributed by atoms with van der Waals surface area (Å²) in [6.07, 6.45) is 0. The second kappa shape index (κ2) is 1.25. The van der Waals surface area contributed by atoms with Crippen LogP contribution in [-0.2, 0) is 4.79 Å². The van der Waals surface area contributed by atoms with Crippen molar-refractivity contribution < 1.29 is 14.8 Å².